The van der Waals surface area contributed by atoms with E-state index in [1.165, 1.54) is 0 Å². The van der Waals surface area contributed by atoms with Crippen molar-refractivity contribution in [2.24, 2.45) is 0 Å². The average molecular weight is 268 g/mol. The maximum absolute atomic E-state index is 10.5. The SMILES string of the molecule is Cc1cc(C(O)c2cc3cccc(C)c3o2)c(C)nn1. The standard InChI is InChI=1S/C16H16N2O2/c1-9-5-4-6-12-8-14(20-16(9)12)15(19)13-7-10(2)17-18-11(13)3/h4-8,15,19H,1-3H3. The largest absolute Gasteiger partial charge is 0.458 e. The predicted molar refractivity (Wildman–Crippen MR) is 76.5 cm³/mol. The van der Waals surface area contributed by atoms with Crippen molar-refractivity contribution in [1.82, 2.24) is 10.2 Å². The molecule has 3 rings (SSSR count). The van der Waals surface area contributed by atoms with Crippen LogP contribution in [0, 0.1) is 20.8 Å². The average Bonchev–Trinajstić information content (AvgIpc) is 2.86. The lowest BCUT2D eigenvalue weighted by Crippen LogP contribution is -2.04. The van der Waals surface area contributed by atoms with Gasteiger partial charge in [-0.2, -0.15) is 10.2 Å². The number of benzene rings is 1. The highest BCUT2D eigenvalue weighted by Crippen LogP contribution is 2.30. The summed E-state index contributed by atoms with van der Waals surface area (Å²) in [6.45, 7) is 5.68. The number of nitrogens with zero attached hydrogens (tertiary/aromatic N) is 2. The molecule has 0 radical (unpaired) electrons. The first kappa shape index (κ1) is 12.8. The molecule has 1 atom stereocenters. The third-order valence-electron chi connectivity index (χ3n) is 3.46. The maximum atomic E-state index is 10.5. The first-order valence-electron chi connectivity index (χ1n) is 6.54. The number of aromatic nitrogens is 2. The smallest absolute Gasteiger partial charge is 0.139 e. The molecule has 0 aliphatic rings. The molecule has 1 unspecified atom stereocenters. The molecule has 1 N–H and O–H groups in total. The number of furan rings is 1. The highest BCUT2D eigenvalue weighted by molar-refractivity contribution is 5.81. The van der Waals surface area contributed by atoms with Crippen molar-refractivity contribution < 1.29 is 9.52 Å². The molecule has 0 spiro atoms. The van der Waals surface area contributed by atoms with Gasteiger partial charge in [0.1, 0.15) is 17.4 Å². The molecule has 2 heterocycles. The molecule has 3 aromatic rings. The molecule has 0 aliphatic heterocycles. The molecule has 0 amide bonds. The number of para-hydroxylation sites is 1. The van der Waals surface area contributed by atoms with Gasteiger partial charge in [0.15, 0.2) is 0 Å². The van der Waals surface area contributed by atoms with Crippen molar-refractivity contribution in [3.8, 4) is 0 Å². The monoisotopic (exact) mass is 268 g/mol. The topological polar surface area (TPSA) is 59.2 Å². The molecule has 0 saturated carbocycles. The van der Waals surface area contributed by atoms with Gasteiger partial charge in [0.2, 0.25) is 0 Å². The molecule has 0 aliphatic carbocycles. The predicted octanol–water partition coefficient (Wildman–Crippen LogP) is 3.23. The fourth-order valence-electron chi connectivity index (χ4n) is 2.36. The molecule has 102 valence electrons. The Morgan fingerprint density at radius 3 is 2.65 bits per heavy atom. The van der Waals surface area contributed by atoms with Crippen LogP contribution in [0.5, 0.6) is 0 Å². The minimum atomic E-state index is -0.823. The first-order valence-corrected chi connectivity index (χ1v) is 6.54. The van der Waals surface area contributed by atoms with E-state index < -0.39 is 6.10 Å². The maximum Gasteiger partial charge on any atom is 0.139 e. The number of aliphatic hydroxyl groups is 1. The van der Waals surface area contributed by atoms with Gasteiger partial charge in [0, 0.05) is 10.9 Å². The molecule has 1 aromatic carbocycles. The first-order chi connectivity index (χ1) is 9.56. The van der Waals surface area contributed by atoms with Gasteiger partial charge >= 0.3 is 0 Å². The van der Waals surface area contributed by atoms with Crippen molar-refractivity contribution >= 4 is 11.0 Å². The van der Waals surface area contributed by atoms with Crippen LogP contribution in [0.4, 0.5) is 0 Å². The van der Waals surface area contributed by atoms with Crippen LogP contribution < -0.4 is 0 Å². The summed E-state index contributed by atoms with van der Waals surface area (Å²) in [6.07, 6.45) is -0.823. The third-order valence-corrected chi connectivity index (χ3v) is 3.46. The summed E-state index contributed by atoms with van der Waals surface area (Å²) in [5.74, 6) is 0.532. The van der Waals surface area contributed by atoms with E-state index in [1.807, 2.05) is 51.1 Å². The number of hydrogen-bond acceptors (Lipinski definition) is 4. The summed E-state index contributed by atoms with van der Waals surface area (Å²) in [5, 5.41) is 19.5. The lowest BCUT2D eigenvalue weighted by molar-refractivity contribution is 0.190. The second kappa shape index (κ2) is 4.72. The van der Waals surface area contributed by atoms with E-state index in [4.69, 9.17) is 4.42 Å². The summed E-state index contributed by atoms with van der Waals surface area (Å²) in [6, 6.07) is 9.67. The van der Waals surface area contributed by atoms with E-state index in [9.17, 15) is 5.11 Å². The molecule has 0 bridgehead atoms. The zero-order chi connectivity index (χ0) is 14.3. The molecular weight excluding hydrogens is 252 g/mol. The van der Waals surface area contributed by atoms with Crippen LogP contribution in [0.3, 0.4) is 0 Å². The Balaban J connectivity index is 2.10. The number of aliphatic hydroxyl groups excluding tert-OH is 1. The summed E-state index contributed by atoms with van der Waals surface area (Å²) in [5.41, 5.74) is 4.09. The van der Waals surface area contributed by atoms with Gasteiger partial charge in [-0.05, 0) is 38.5 Å². The van der Waals surface area contributed by atoms with E-state index in [0.29, 0.717) is 11.5 Å². The van der Waals surface area contributed by atoms with Crippen molar-refractivity contribution in [2.75, 3.05) is 0 Å². The molecule has 4 heteroatoms. The van der Waals surface area contributed by atoms with Gasteiger partial charge in [0.05, 0.1) is 11.4 Å². The van der Waals surface area contributed by atoms with Crippen LogP contribution in [0.1, 0.15) is 34.4 Å². The lowest BCUT2D eigenvalue weighted by atomic mass is 10.1. The van der Waals surface area contributed by atoms with Crippen LogP contribution in [0.15, 0.2) is 34.7 Å². The summed E-state index contributed by atoms with van der Waals surface area (Å²) < 4.78 is 5.81. The molecule has 0 saturated heterocycles. The number of rotatable bonds is 2. The minimum absolute atomic E-state index is 0.532. The van der Waals surface area contributed by atoms with E-state index >= 15 is 0 Å². The Morgan fingerprint density at radius 1 is 1.10 bits per heavy atom. The molecule has 0 fully saturated rings. The van der Waals surface area contributed by atoms with Gasteiger partial charge in [-0.15, -0.1) is 0 Å². The fourth-order valence-corrected chi connectivity index (χ4v) is 2.36. The Hall–Kier alpha value is -2.20. The van der Waals surface area contributed by atoms with Crippen molar-refractivity contribution in [2.45, 2.75) is 26.9 Å². The van der Waals surface area contributed by atoms with Crippen molar-refractivity contribution in [3.05, 3.63) is 58.6 Å². The number of aryl methyl sites for hydroxylation is 3. The Bertz CT molecular complexity index is 777. The van der Waals surface area contributed by atoms with Crippen LogP contribution in [0.2, 0.25) is 0 Å². The molecule has 4 nitrogen and oxygen atoms in total. The van der Waals surface area contributed by atoms with Gasteiger partial charge in [0.25, 0.3) is 0 Å². The Labute approximate surface area is 117 Å². The van der Waals surface area contributed by atoms with Crippen molar-refractivity contribution in [1.29, 1.82) is 0 Å². The zero-order valence-corrected chi connectivity index (χ0v) is 11.7. The van der Waals surface area contributed by atoms with Crippen molar-refractivity contribution in [3.63, 3.8) is 0 Å². The Kier molecular flexibility index (Phi) is 3.03. The van der Waals surface area contributed by atoms with E-state index in [-0.39, 0.29) is 0 Å². The van der Waals surface area contributed by atoms with E-state index in [0.717, 1.165) is 27.8 Å². The van der Waals surface area contributed by atoms with Gasteiger partial charge < -0.3 is 9.52 Å². The van der Waals surface area contributed by atoms with Crippen LogP contribution in [0.25, 0.3) is 11.0 Å². The molecular formula is C16H16N2O2. The van der Waals surface area contributed by atoms with E-state index in [2.05, 4.69) is 10.2 Å². The summed E-state index contributed by atoms with van der Waals surface area (Å²) >= 11 is 0. The van der Waals surface area contributed by atoms with Crippen LogP contribution in [-0.2, 0) is 0 Å². The quantitative estimate of drug-likeness (QED) is 0.775. The van der Waals surface area contributed by atoms with Crippen LogP contribution >= 0.6 is 0 Å². The highest BCUT2D eigenvalue weighted by Gasteiger charge is 2.19. The Morgan fingerprint density at radius 2 is 1.90 bits per heavy atom. The van der Waals surface area contributed by atoms with Crippen LogP contribution in [-0.4, -0.2) is 15.3 Å². The van der Waals surface area contributed by atoms with Gasteiger partial charge in [-0.25, -0.2) is 0 Å². The highest BCUT2D eigenvalue weighted by atomic mass is 16.4. The van der Waals surface area contributed by atoms with Gasteiger partial charge in [-0.3, -0.25) is 0 Å². The number of hydrogen-bond donors (Lipinski definition) is 1. The summed E-state index contributed by atoms with van der Waals surface area (Å²) in [4.78, 5) is 0. The normalized spacial score (nSPS) is 12.8. The summed E-state index contributed by atoms with van der Waals surface area (Å²) in [7, 11) is 0. The minimum Gasteiger partial charge on any atom is -0.458 e. The third kappa shape index (κ3) is 2.08. The zero-order valence-electron chi connectivity index (χ0n) is 11.7. The molecule has 20 heavy (non-hydrogen) atoms. The molecule has 2 aromatic heterocycles. The second-order valence-electron chi connectivity index (χ2n) is 5.07. The van der Waals surface area contributed by atoms with E-state index in [1.54, 1.807) is 0 Å². The number of fused-ring (bicyclic) bond motifs is 1. The fraction of sp³-hybridized carbons (Fsp3) is 0.250. The second-order valence-corrected chi connectivity index (χ2v) is 5.07. The lowest BCUT2D eigenvalue weighted by Gasteiger charge is -2.10. The van der Waals surface area contributed by atoms with Gasteiger partial charge in [-0.1, -0.05) is 18.2 Å².